The zero-order valence-electron chi connectivity index (χ0n) is 11.0. The van der Waals surface area contributed by atoms with Crippen LogP contribution in [0.15, 0.2) is 18.5 Å². The second-order valence-corrected chi connectivity index (χ2v) is 4.20. The molecular weight excluding hydrogens is 248 g/mol. The fraction of sp³-hybridized carbons (Fsp3) is 0.583. The minimum absolute atomic E-state index is 0.150. The first-order valence-electron chi connectivity index (χ1n) is 6.35. The van der Waals surface area contributed by atoms with Gasteiger partial charge in [0.15, 0.2) is 0 Å². The van der Waals surface area contributed by atoms with Gasteiger partial charge in [0.2, 0.25) is 0 Å². The average Bonchev–Trinajstić information content (AvgIpc) is 2.88. The van der Waals surface area contributed by atoms with Crippen LogP contribution >= 0.6 is 0 Å². The minimum atomic E-state index is -0.888. The SMILES string of the molecule is CCC(CNC(=O)NCCCn1cccn1)C(=O)O. The van der Waals surface area contributed by atoms with Crippen molar-refractivity contribution in [3.05, 3.63) is 18.5 Å². The molecule has 0 aromatic carbocycles. The molecule has 1 rings (SSSR count). The summed E-state index contributed by atoms with van der Waals surface area (Å²) in [5.41, 5.74) is 0. The summed E-state index contributed by atoms with van der Waals surface area (Å²) in [5, 5.41) is 18.1. The number of aromatic nitrogens is 2. The number of aryl methyl sites for hydroxylation is 1. The molecule has 0 aliphatic carbocycles. The third kappa shape index (κ3) is 5.89. The first kappa shape index (κ1) is 15.0. The van der Waals surface area contributed by atoms with Crippen LogP contribution in [0.25, 0.3) is 0 Å². The van der Waals surface area contributed by atoms with Gasteiger partial charge in [-0.3, -0.25) is 9.48 Å². The molecule has 7 heteroatoms. The van der Waals surface area contributed by atoms with Gasteiger partial charge in [0, 0.05) is 32.0 Å². The fourth-order valence-corrected chi connectivity index (χ4v) is 1.56. The van der Waals surface area contributed by atoms with E-state index in [1.54, 1.807) is 17.8 Å². The van der Waals surface area contributed by atoms with Crippen molar-refractivity contribution >= 4 is 12.0 Å². The number of carbonyl (C=O) groups is 2. The Morgan fingerprint density at radius 3 is 2.79 bits per heavy atom. The molecule has 0 aliphatic heterocycles. The van der Waals surface area contributed by atoms with E-state index in [0.29, 0.717) is 13.0 Å². The van der Waals surface area contributed by atoms with E-state index in [-0.39, 0.29) is 12.6 Å². The summed E-state index contributed by atoms with van der Waals surface area (Å²) < 4.78 is 1.79. The lowest BCUT2D eigenvalue weighted by Crippen LogP contribution is -2.40. The molecule has 0 saturated heterocycles. The highest BCUT2D eigenvalue weighted by atomic mass is 16.4. The maximum atomic E-state index is 11.4. The van der Waals surface area contributed by atoms with Crippen LogP contribution in [0.3, 0.4) is 0 Å². The normalized spacial score (nSPS) is 11.8. The monoisotopic (exact) mass is 268 g/mol. The Bertz CT molecular complexity index is 392. The number of hydrogen-bond acceptors (Lipinski definition) is 3. The number of aliphatic carboxylic acids is 1. The molecule has 0 saturated carbocycles. The van der Waals surface area contributed by atoms with Gasteiger partial charge in [-0.2, -0.15) is 5.10 Å². The molecule has 0 aliphatic rings. The largest absolute Gasteiger partial charge is 0.481 e. The van der Waals surface area contributed by atoms with Gasteiger partial charge in [-0.25, -0.2) is 4.79 Å². The summed E-state index contributed by atoms with van der Waals surface area (Å²) in [6.07, 6.45) is 4.83. The van der Waals surface area contributed by atoms with E-state index in [9.17, 15) is 9.59 Å². The molecule has 7 nitrogen and oxygen atoms in total. The lowest BCUT2D eigenvalue weighted by Gasteiger charge is -2.11. The summed E-state index contributed by atoms with van der Waals surface area (Å²) in [5.74, 6) is -1.42. The molecule has 0 fully saturated rings. The Labute approximate surface area is 112 Å². The third-order valence-corrected chi connectivity index (χ3v) is 2.76. The molecule has 19 heavy (non-hydrogen) atoms. The number of hydrogen-bond donors (Lipinski definition) is 3. The van der Waals surface area contributed by atoms with Gasteiger partial charge in [-0.05, 0) is 18.9 Å². The molecule has 1 aromatic heterocycles. The number of carboxylic acids is 1. The van der Waals surface area contributed by atoms with Gasteiger partial charge in [0.1, 0.15) is 0 Å². The van der Waals surface area contributed by atoms with E-state index < -0.39 is 11.9 Å². The highest BCUT2D eigenvalue weighted by Gasteiger charge is 2.15. The number of carboxylic acid groups (broad SMARTS) is 1. The van der Waals surface area contributed by atoms with Crippen LogP contribution in [0.2, 0.25) is 0 Å². The molecule has 106 valence electrons. The van der Waals surface area contributed by atoms with Crippen LogP contribution in [-0.4, -0.2) is 40.0 Å². The van der Waals surface area contributed by atoms with Gasteiger partial charge < -0.3 is 15.7 Å². The summed E-state index contributed by atoms with van der Waals surface area (Å²) in [6.45, 7) is 3.19. The summed E-state index contributed by atoms with van der Waals surface area (Å²) in [7, 11) is 0. The van der Waals surface area contributed by atoms with E-state index in [0.717, 1.165) is 13.0 Å². The van der Waals surface area contributed by atoms with E-state index >= 15 is 0 Å². The van der Waals surface area contributed by atoms with Gasteiger partial charge in [0.05, 0.1) is 5.92 Å². The summed E-state index contributed by atoms with van der Waals surface area (Å²) >= 11 is 0. The number of nitrogens with one attached hydrogen (secondary N) is 2. The van der Waals surface area contributed by atoms with Crippen molar-refractivity contribution in [2.45, 2.75) is 26.3 Å². The lowest BCUT2D eigenvalue weighted by molar-refractivity contribution is -0.141. The molecule has 0 spiro atoms. The molecule has 0 radical (unpaired) electrons. The number of rotatable bonds is 8. The van der Waals surface area contributed by atoms with Crippen molar-refractivity contribution in [1.82, 2.24) is 20.4 Å². The van der Waals surface area contributed by atoms with E-state index in [1.807, 2.05) is 12.3 Å². The number of nitrogens with zero attached hydrogens (tertiary/aromatic N) is 2. The van der Waals surface area contributed by atoms with E-state index in [1.165, 1.54) is 0 Å². The van der Waals surface area contributed by atoms with E-state index in [4.69, 9.17) is 5.11 Å². The summed E-state index contributed by atoms with van der Waals surface area (Å²) in [4.78, 5) is 22.2. The minimum Gasteiger partial charge on any atom is -0.481 e. The third-order valence-electron chi connectivity index (χ3n) is 2.76. The zero-order valence-corrected chi connectivity index (χ0v) is 11.0. The van der Waals surface area contributed by atoms with Crippen LogP contribution in [0.1, 0.15) is 19.8 Å². The van der Waals surface area contributed by atoms with Gasteiger partial charge in [-0.15, -0.1) is 0 Å². The maximum Gasteiger partial charge on any atom is 0.314 e. The highest BCUT2D eigenvalue weighted by molar-refractivity contribution is 5.75. The first-order chi connectivity index (χ1) is 9.13. The molecule has 1 unspecified atom stereocenters. The average molecular weight is 268 g/mol. The Balaban J connectivity index is 2.09. The van der Waals surface area contributed by atoms with Crippen LogP contribution in [0.4, 0.5) is 4.79 Å². The number of carbonyl (C=O) groups excluding carboxylic acids is 1. The molecule has 3 N–H and O–H groups in total. The number of amides is 2. The van der Waals surface area contributed by atoms with Crippen molar-refractivity contribution in [1.29, 1.82) is 0 Å². The van der Waals surface area contributed by atoms with Crippen LogP contribution in [0.5, 0.6) is 0 Å². The predicted molar refractivity (Wildman–Crippen MR) is 69.7 cm³/mol. The molecule has 2 amide bonds. The predicted octanol–water partition coefficient (Wildman–Crippen LogP) is 0.683. The quantitative estimate of drug-likeness (QED) is 0.604. The lowest BCUT2D eigenvalue weighted by atomic mass is 10.1. The van der Waals surface area contributed by atoms with Crippen LogP contribution < -0.4 is 10.6 Å². The van der Waals surface area contributed by atoms with Gasteiger partial charge >= 0.3 is 12.0 Å². The van der Waals surface area contributed by atoms with Crippen molar-refractivity contribution in [3.63, 3.8) is 0 Å². The molecular formula is C12H20N4O3. The molecule has 1 aromatic rings. The maximum absolute atomic E-state index is 11.4. The Kier molecular flexibility index (Phi) is 6.42. The Hall–Kier alpha value is -2.05. The smallest absolute Gasteiger partial charge is 0.314 e. The second kappa shape index (κ2) is 8.12. The number of urea groups is 1. The topological polar surface area (TPSA) is 96.3 Å². The Morgan fingerprint density at radius 2 is 2.21 bits per heavy atom. The molecule has 0 bridgehead atoms. The van der Waals surface area contributed by atoms with Crippen LogP contribution in [0, 0.1) is 5.92 Å². The van der Waals surface area contributed by atoms with Crippen molar-refractivity contribution < 1.29 is 14.7 Å². The second-order valence-electron chi connectivity index (χ2n) is 4.20. The first-order valence-corrected chi connectivity index (χ1v) is 6.35. The highest BCUT2D eigenvalue weighted by Crippen LogP contribution is 1.99. The van der Waals surface area contributed by atoms with Crippen molar-refractivity contribution in [2.75, 3.05) is 13.1 Å². The summed E-state index contributed by atoms with van der Waals surface area (Å²) in [6, 6.07) is 1.51. The fourth-order valence-electron chi connectivity index (χ4n) is 1.56. The van der Waals surface area contributed by atoms with Gasteiger partial charge in [0.25, 0.3) is 0 Å². The molecule has 1 heterocycles. The standard InChI is InChI=1S/C12H20N4O3/c1-2-10(11(17)18)9-14-12(19)13-5-3-7-16-8-4-6-15-16/h4,6,8,10H,2-3,5,7,9H2,1H3,(H,17,18)(H2,13,14,19). The van der Waals surface area contributed by atoms with Crippen LogP contribution in [-0.2, 0) is 11.3 Å². The van der Waals surface area contributed by atoms with Crippen molar-refractivity contribution in [3.8, 4) is 0 Å². The Morgan fingerprint density at radius 1 is 1.42 bits per heavy atom. The molecule has 1 atom stereocenters. The van der Waals surface area contributed by atoms with Gasteiger partial charge in [-0.1, -0.05) is 6.92 Å². The van der Waals surface area contributed by atoms with E-state index in [2.05, 4.69) is 15.7 Å². The zero-order chi connectivity index (χ0) is 14.1. The van der Waals surface area contributed by atoms with Crippen molar-refractivity contribution in [2.24, 2.45) is 5.92 Å².